The molecule has 1 aliphatic heterocycles. The largest absolute Gasteiger partial charge is 0.469 e. The van der Waals surface area contributed by atoms with E-state index in [-0.39, 0.29) is 12.0 Å². The highest BCUT2D eigenvalue weighted by molar-refractivity contribution is 5.69. The van der Waals surface area contributed by atoms with Gasteiger partial charge in [-0.25, -0.2) is 0 Å². The van der Waals surface area contributed by atoms with Gasteiger partial charge in [0.25, 0.3) is 0 Å². The van der Waals surface area contributed by atoms with Crippen LogP contribution in [0.5, 0.6) is 0 Å². The SMILES string of the molecule is COC(=O)CC(C)N(C)CC1(O)CCOCC1. The Kier molecular flexibility index (Phi) is 5.36. The zero-order chi connectivity index (χ0) is 12.9. The van der Waals surface area contributed by atoms with E-state index in [1.54, 1.807) is 0 Å². The van der Waals surface area contributed by atoms with Gasteiger partial charge in [0, 0.05) is 38.6 Å². The number of ether oxygens (including phenoxy) is 2. The lowest BCUT2D eigenvalue weighted by atomic mass is 9.93. The Hall–Kier alpha value is -0.650. The third kappa shape index (κ3) is 4.61. The van der Waals surface area contributed by atoms with Gasteiger partial charge in [0.1, 0.15) is 0 Å². The highest BCUT2D eigenvalue weighted by Gasteiger charge is 2.32. The van der Waals surface area contributed by atoms with Gasteiger partial charge >= 0.3 is 5.97 Å². The van der Waals surface area contributed by atoms with Gasteiger partial charge in [-0.1, -0.05) is 0 Å². The first-order chi connectivity index (χ1) is 7.97. The molecule has 0 spiro atoms. The average Bonchev–Trinajstić information content (AvgIpc) is 2.29. The molecule has 0 radical (unpaired) electrons. The Morgan fingerprint density at radius 3 is 2.65 bits per heavy atom. The van der Waals surface area contributed by atoms with E-state index >= 15 is 0 Å². The van der Waals surface area contributed by atoms with Gasteiger partial charge in [-0.05, 0) is 14.0 Å². The first kappa shape index (κ1) is 14.4. The fourth-order valence-corrected chi connectivity index (χ4v) is 2.01. The van der Waals surface area contributed by atoms with Gasteiger partial charge in [-0.15, -0.1) is 0 Å². The molecule has 1 atom stereocenters. The van der Waals surface area contributed by atoms with Gasteiger partial charge in [0.2, 0.25) is 0 Å². The van der Waals surface area contributed by atoms with E-state index in [0.29, 0.717) is 39.0 Å². The summed E-state index contributed by atoms with van der Waals surface area (Å²) in [6.45, 7) is 3.74. The topological polar surface area (TPSA) is 59.0 Å². The summed E-state index contributed by atoms with van der Waals surface area (Å²) in [4.78, 5) is 13.2. The summed E-state index contributed by atoms with van der Waals surface area (Å²) in [6.07, 6.45) is 1.66. The van der Waals surface area contributed by atoms with E-state index in [4.69, 9.17) is 4.74 Å². The monoisotopic (exact) mass is 245 g/mol. The smallest absolute Gasteiger partial charge is 0.307 e. The minimum Gasteiger partial charge on any atom is -0.469 e. The molecule has 1 aliphatic rings. The quantitative estimate of drug-likeness (QED) is 0.711. The first-order valence-corrected chi connectivity index (χ1v) is 6.04. The van der Waals surface area contributed by atoms with Crippen molar-refractivity contribution in [2.75, 3.05) is 33.9 Å². The number of hydrogen-bond acceptors (Lipinski definition) is 5. The molecule has 5 heteroatoms. The number of carbonyl (C=O) groups excluding carboxylic acids is 1. The minimum absolute atomic E-state index is 0.0642. The van der Waals surface area contributed by atoms with Crippen LogP contribution < -0.4 is 0 Å². The van der Waals surface area contributed by atoms with E-state index in [0.717, 1.165) is 0 Å². The predicted octanol–water partition coefficient (Wildman–Crippen LogP) is 0.411. The molecule has 1 unspecified atom stereocenters. The summed E-state index contributed by atoms with van der Waals surface area (Å²) in [5.41, 5.74) is -0.683. The number of methoxy groups -OCH3 is 1. The van der Waals surface area contributed by atoms with Gasteiger partial charge in [-0.2, -0.15) is 0 Å². The number of nitrogens with zero attached hydrogens (tertiary/aromatic N) is 1. The molecule has 1 N–H and O–H groups in total. The summed E-state index contributed by atoms with van der Waals surface area (Å²) in [5, 5.41) is 10.3. The third-order valence-corrected chi connectivity index (χ3v) is 3.41. The number of esters is 1. The second-order valence-corrected chi connectivity index (χ2v) is 4.88. The molecule has 1 heterocycles. The van der Waals surface area contributed by atoms with E-state index in [9.17, 15) is 9.90 Å². The van der Waals surface area contributed by atoms with Crippen molar-refractivity contribution in [1.82, 2.24) is 4.90 Å². The number of aliphatic hydroxyl groups is 1. The summed E-state index contributed by atoms with van der Waals surface area (Å²) in [5.74, 6) is -0.219. The van der Waals surface area contributed by atoms with Crippen molar-refractivity contribution in [2.45, 2.75) is 37.8 Å². The number of hydrogen-bond donors (Lipinski definition) is 1. The third-order valence-electron chi connectivity index (χ3n) is 3.41. The van der Waals surface area contributed by atoms with E-state index < -0.39 is 5.60 Å². The first-order valence-electron chi connectivity index (χ1n) is 6.04. The molecule has 0 aromatic heterocycles. The molecule has 0 amide bonds. The lowest BCUT2D eigenvalue weighted by Gasteiger charge is -2.37. The van der Waals surface area contributed by atoms with Crippen LogP contribution in [0.4, 0.5) is 0 Å². The van der Waals surface area contributed by atoms with Crippen molar-refractivity contribution < 1.29 is 19.4 Å². The van der Waals surface area contributed by atoms with E-state index in [2.05, 4.69) is 4.74 Å². The van der Waals surface area contributed by atoms with Gasteiger partial charge in [0.05, 0.1) is 19.1 Å². The normalized spacial score (nSPS) is 21.2. The summed E-state index contributed by atoms with van der Waals surface area (Å²) in [6, 6.07) is 0.0642. The van der Waals surface area contributed by atoms with Crippen LogP contribution in [0.1, 0.15) is 26.2 Å². The summed E-state index contributed by atoms with van der Waals surface area (Å²) in [7, 11) is 3.31. The molecule has 1 fully saturated rings. The standard InChI is InChI=1S/C12H23NO4/c1-10(8-11(14)16-3)13(2)9-12(15)4-6-17-7-5-12/h10,15H,4-9H2,1-3H3. The molecule has 0 aliphatic carbocycles. The van der Waals surface area contributed by atoms with Crippen LogP contribution >= 0.6 is 0 Å². The van der Waals surface area contributed by atoms with Crippen molar-refractivity contribution in [1.29, 1.82) is 0 Å². The molecule has 1 saturated heterocycles. The maximum atomic E-state index is 11.2. The van der Waals surface area contributed by atoms with Crippen molar-refractivity contribution in [2.24, 2.45) is 0 Å². The van der Waals surface area contributed by atoms with Gasteiger partial charge < -0.3 is 19.5 Å². The van der Waals surface area contributed by atoms with Crippen molar-refractivity contribution in [3.05, 3.63) is 0 Å². The zero-order valence-corrected chi connectivity index (χ0v) is 10.9. The Morgan fingerprint density at radius 1 is 1.53 bits per heavy atom. The molecule has 5 nitrogen and oxygen atoms in total. The highest BCUT2D eigenvalue weighted by Crippen LogP contribution is 2.22. The van der Waals surface area contributed by atoms with Gasteiger partial charge in [-0.3, -0.25) is 4.79 Å². The fourth-order valence-electron chi connectivity index (χ4n) is 2.01. The van der Waals surface area contributed by atoms with E-state index in [1.807, 2.05) is 18.9 Å². The molecule has 100 valence electrons. The number of carbonyl (C=O) groups is 1. The molecule has 17 heavy (non-hydrogen) atoms. The van der Waals surface area contributed by atoms with Crippen LogP contribution in [0, 0.1) is 0 Å². The van der Waals surface area contributed by atoms with Crippen molar-refractivity contribution in [3.8, 4) is 0 Å². The Labute approximate surface area is 103 Å². The maximum Gasteiger partial charge on any atom is 0.307 e. The van der Waals surface area contributed by atoms with Crippen LogP contribution in [-0.2, 0) is 14.3 Å². The van der Waals surface area contributed by atoms with Crippen LogP contribution in [0.15, 0.2) is 0 Å². The molecule has 0 aromatic carbocycles. The number of rotatable bonds is 5. The molecule has 0 bridgehead atoms. The van der Waals surface area contributed by atoms with Crippen LogP contribution in [-0.4, -0.2) is 61.5 Å². The summed E-state index contributed by atoms with van der Waals surface area (Å²) < 4.78 is 9.87. The predicted molar refractivity (Wildman–Crippen MR) is 63.7 cm³/mol. The highest BCUT2D eigenvalue weighted by atomic mass is 16.5. The van der Waals surface area contributed by atoms with Crippen LogP contribution in [0.2, 0.25) is 0 Å². The molecule has 1 rings (SSSR count). The minimum atomic E-state index is -0.683. The van der Waals surface area contributed by atoms with Gasteiger partial charge in [0.15, 0.2) is 0 Å². The Morgan fingerprint density at radius 2 is 2.12 bits per heavy atom. The Balaban J connectivity index is 2.41. The number of likely N-dealkylation sites (N-methyl/N-ethyl adjacent to an activating group) is 1. The van der Waals surface area contributed by atoms with Crippen LogP contribution in [0.3, 0.4) is 0 Å². The maximum absolute atomic E-state index is 11.2. The molecular weight excluding hydrogens is 222 g/mol. The molecule has 0 saturated carbocycles. The van der Waals surface area contributed by atoms with Crippen molar-refractivity contribution >= 4 is 5.97 Å². The zero-order valence-electron chi connectivity index (χ0n) is 10.9. The second-order valence-electron chi connectivity index (χ2n) is 4.88. The lowest BCUT2D eigenvalue weighted by Crippen LogP contribution is -2.48. The summed E-state index contributed by atoms with van der Waals surface area (Å²) >= 11 is 0. The van der Waals surface area contributed by atoms with E-state index in [1.165, 1.54) is 7.11 Å². The molecular formula is C12H23NO4. The fraction of sp³-hybridized carbons (Fsp3) is 0.917. The van der Waals surface area contributed by atoms with Crippen LogP contribution in [0.25, 0.3) is 0 Å². The molecule has 0 aromatic rings. The lowest BCUT2D eigenvalue weighted by molar-refractivity contribution is -0.142. The Bertz CT molecular complexity index is 251. The average molecular weight is 245 g/mol. The van der Waals surface area contributed by atoms with Crippen molar-refractivity contribution in [3.63, 3.8) is 0 Å². The second kappa shape index (κ2) is 6.33.